The van der Waals surface area contributed by atoms with Crippen molar-refractivity contribution < 1.29 is 0 Å². The van der Waals surface area contributed by atoms with Crippen LogP contribution in [0.3, 0.4) is 0 Å². The zero-order valence-corrected chi connectivity index (χ0v) is 26.2. The average molecular weight is 607 g/mol. The summed E-state index contributed by atoms with van der Waals surface area (Å²) in [7, 11) is 0. The van der Waals surface area contributed by atoms with Gasteiger partial charge in [-0.2, -0.15) is 0 Å². The summed E-state index contributed by atoms with van der Waals surface area (Å²) in [6.45, 7) is 2.14. The molecular formula is C43H30N2S. The molecule has 0 N–H and O–H groups in total. The first-order valence-electron chi connectivity index (χ1n) is 15.7. The van der Waals surface area contributed by atoms with E-state index in [9.17, 15) is 0 Å². The summed E-state index contributed by atoms with van der Waals surface area (Å²) in [4.78, 5) is 2.42. The molecule has 9 rings (SSSR count). The minimum atomic E-state index is 1.13. The lowest BCUT2D eigenvalue weighted by atomic mass is 10.0. The maximum atomic E-state index is 2.44. The minimum Gasteiger partial charge on any atom is -0.310 e. The highest BCUT2D eigenvalue weighted by atomic mass is 32.1. The highest BCUT2D eigenvalue weighted by molar-refractivity contribution is 7.25. The summed E-state index contributed by atoms with van der Waals surface area (Å²) in [6.07, 6.45) is 0. The van der Waals surface area contributed by atoms with E-state index in [1.807, 2.05) is 11.3 Å². The van der Waals surface area contributed by atoms with Crippen LogP contribution in [0.4, 0.5) is 17.1 Å². The van der Waals surface area contributed by atoms with Crippen LogP contribution in [0.1, 0.15) is 5.56 Å². The summed E-state index contributed by atoms with van der Waals surface area (Å²) in [5.74, 6) is 0. The molecule has 9 aromatic rings. The Balaban J connectivity index is 1.31. The van der Waals surface area contributed by atoms with Crippen LogP contribution in [0.25, 0.3) is 58.8 Å². The molecule has 0 aliphatic carbocycles. The average Bonchev–Trinajstić information content (AvgIpc) is 3.65. The van der Waals surface area contributed by atoms with E-state index in [0.29, 0.717) is 0 Å². The number of hydrogen-bond donors (Lipinski definition) is 0. The molecule has 0 atom stereocenters. The van der Waals surface area contributed by atoms with Crippen molar-refractivity contribution in [1.29, 1.82) is 0 Å². The fraction of sp³-hybridized carbons (Fsp3) is 0.0233. The third kappa shape index (κ3) is 4.32. The van der Waals surface area contributed by atoms with Crippen LogP contribution in [0.2, 0.25) is 0 Å². The van der Waals surface area contributed by atoms with E-state index < -0.39 is 0 Å². The molecule has 7 aromatic carbocycles. The van der Waals surface area contributed by atoms with Gasteiger partial charge in [0.25, 0.3) is 0 Å². The highest BCUT2D eigenvalue weighted by Gasteiger charge is 2.21. The number of thiophene rings is 1. The van der Waals surface area contributed by atoms with Gasteiger partial charge in [0.05, 0.1) is 16.7 Å². The Morgan fingerprint density at radius 1 is 0.478 bits per heavy atom. The predicted octanol–water partition coefficient (Wildman–Crippen LogP) is 12.6. The first-order valence-corrected chi connectivity index (χ1v) is 16.5. The lowest BCUT2D eigenvalue weighted by Crippen LogP contribution is -2.10. The third-order valence-corrected chi connectivity index (χ3v) is 10.2. The fourth-order valence-electron chi connectivity index (χ4n) is 6.89. The normalized spacial score (nSPS) is 11.6. The van der Waals surface area contributed by atoms with Gasteiger partial charge in [0, 0.05) is 48.0 Å². The second-order valence-electron chi connectivity index (χ2n) is 11.9. The number of fused-ring (bicyclic) bond motifs is 6. The maximum Gasteiger partial charge on any atom is 0.0562 e. The molecular weight excluding hydrogens is 577 g/mol. The number of rotatable bonds is 5. The van der Waals surface area contributed by atoms with Gasteiger partial charge >= 0.3 is 0 Å². The van der Waals surface area contributed by atoms with Gasteiger partial charge in [0.15, 0.2) is 0 Å². The zero-order chi connectivity index (χ0) is 30.6. The molecule has 0 radical (unpaired) electrons. The molecule has 0 unspecified atom stereocenters. The second kappa shape index (κ2) is 10.8. The molecule has 218 valence electrons. The standard InChI is InChI=1S/C43H30N2S/c1-29-21-23-32(24-22-29)44(33-14-9-13-31(27-33)30-11-3-2-4-12-30)39-18-10-19-40-43(39)36-16-5-7-17-38(36)45(40)34-25-26-42-37(28-34)35-15-6-8-20-41(35)46-42/h2-28H,1H3. The molecule has 0 spiro atoms. The molecule has 0 aliphatic heterocycles. The van der Waals surface area contributed by atoms with Gasteiger partial charge in [-0.3, -0.25) is 0 Å². The number of hydrogen-bond acceptors (Lipinski definition) is 2. The summed E-state index contributed by atoms with van der Waals surface area (Å²) < 4.78 is 5.08. The first-order chi connectivity index (χ1) is 22.7. The van der Waals surface area contributed by atoms with Gasteiger partial charge < -0.3 is 9.47 Å². The van der Waals surface area contributed by atoms with Crippen molar-refractivity contribution >= 4 is 70.4 Å². The third-order valence-electron chi connectivity index (χ3n) is 9.04. The molecule has 46 heavy (non-hydrogen) atoms. The molecule has 2 heterocycles. The monoisotopic (exact) mass is 606 g/mol. The largest absolute Gasteiger partial charge is 0.310 e. The molecule has 3 heteroatoms. The molecule has 2 aromatic heterocycles. The van der Waals surface area contributed by atoms with Crippen molar-refractivity contribution in [3.8, 4) is 16.8 Å². The summed E-state index contributed by atoms with van der Waals surface area (Å²) in [5.41, 5.74) is 10.6. The first kappa shape index (κ1) is 26.7. The number of aryl methyl sites for hydroxylation is 1. The highest BCUT2D eigenvalue weighted by Crippen LogP contribution is 2.45. The van der Waals surface area contributed by atoms with E-state index >= 15 is 0 Å². The van der Waals surface area contributed by atoms with Gasteiger partial charge in [-0.05, 0) is 84.8 Å². The van der Waals surface area contributed by atoms with Gasteiger partial charge in [-0.1, -0.05) is 103 Å². The van der Waals surface area contributed by atoms with Crippen LogP contribution in [-0.2, 0) is 0 Å². The molecule has 0 aliphatic rings. The van der Waals surface area contributed by atoms with E-state index in [2.05, 4.69) is 180 Å². The second-order valence-corrected chi connectivity index (χ2v) is 13.0. The Hall–Kier alpha value is -5.64. The quantitative estimate of drug-likeness (QED) is 0.189. The molecule has 2 nitrogen and oxygen atoms in total. The molecule has 0 saturated heterocycles. The van der Waals surface area contributed by atoms with E-state index in [0.717, 1.165) is 17.1 Å². The van der Waals surface area contributed by atoms with Crippen molar-refractivity contribution in [3.05, 3.63) is 169 Å². The van der Waals surface area contributed by atoms with Crippen molar-refractivity contribution in [2.24, 2.45) is 0 Å². The minimum absolute atomic E-state index is 1.13. The van der Waals surface area contributed by atoms with Crippen molar-refractivity contribution in [3.63, 3.8) is 0 Å². The van der Waals surface area contributed by atoms with E-state index in [4.69, 9.17) is 0 Å². The Bertz CT molecular complexity index is 2540. The molecule has 0 saturated carbocycles. The van der Waals surface area contributed by atoms with Crippen molar-refractivity contribution in [2.45, 2.75) is 6.92 Å². The number of anilines is 3. The number of nitrogens with zero attached hydrogens (tertiary/aromatic N) is 2. The van der Waals surface area contributed by atoms with Gasteiger partial charge in [-0.25, -0.2) is 0 Å². The predicted molar refractivity (Wildman–Crippen MR) is 199 cm³/mol. The van der Waals surface area contributed by atoms with Crippen molar-refractivity contribution in [1.82, 2.24) is 4.57 Å². The molecule has 0 bridgehead atoms. The lowest BCUT2D eigenvalue weighted by molar-refractivity contribution is 1.18. The van der Waals surface area contributed by atoms with Gasteiger partial charge in [0.1, 0.15) is 0 Å². The van der Waals surface area contributed by atoms with Crippen molar-refractivity contribution in [2.75, 3.05) is 4.90 Å². The Kier molecular flexibility index (Phi) is 6.25. The van der Waals surface area contributed by atoms with Gasteiger partial charge in [-0.15, -0.1) is 11.3 Å². The van der Waals surface area contributed by atoms with Crippen LogP contribution < -0.4 is 4.90 Å². The smallest absolute Gasteiger partial charge is 0.0562 e. The number of benzene rings is 7. The fourth-order valence-corrected chi connectivity index (χ4v) is 7.98. The summed E-state index contributed by atoms with van der Waals surface area (Å²) in [6, 6.07) is 59.6. The number of para-hydroxylation sites is 1. The summed E-state index contributed by atoms with van der Waals surface area (Å²) in [5, 5.41) is 5.09. The van der Waals surface area contributed by atoms with Crippen LogP contribution in [0.15, 0.2) is 164 Å². The van der Waals surface area contributed by atoms with Crippen LogP contribution >= 0.6 is 11.3 Å². The Labute approximate surface area is 272 Å². The topological polar surface area (TPSA) is 8.17 Å². The van der Waals surface area contributed by atoms with E-state index in [1.54, 1.807) is 0 Å². The van der Waals surface area contributed by atoms with E-state index in [1.165, 1.54) is 64.4 Å². The molecule has 0 fully saturated rings. The lowest BCUT2D eigenvalue weighted by Gasteiger charge is -2.27. The van der Waals surface area contributed by atoms with Crippen LogP contribution in [0, 0.1) is 6.92 Å². The maximum absolute atomic E-state index is 2.44. The zero-order valence-electron chi connectivity index (χ0n) is 25.4. The molecule has 0 amide bonds. The van der Waals surface area contributed by atoms with Crippen LogP contribution in [0.5, 0.6) is 0 Å². The number of aromatic nitrogens is 1. The Morgan fingerprint density at radius 3 is 2.04 bits per heavy atom. The summed E-state index contributed by atoms with van der Waals surface area (Å²) >= 11 is 1.86. The SMILES string of the molecule is Cc1ccc(N(c2cccc(-c3ccccc3)c2)c2cccc3c2c2ccccc2n3-c2ccc3sc4ccccc4c3c2)cc1. The van der Waals surface area contributed by atoms with Crippen LogP contribution in [-0.4, -0.2) is 4.57 Å². The van der Waals surface area contributed by atoms with Gasteiger partial charge in [0.2, 0.25) is 0 Å². The van der Waals surface area contributed by atoms with E-state index in [-0.39, 0.29) is 0 Å². The Morgan fingerprint density at radius 2 is 1.17 bits per heavy atom.